The van der Waals surface area contributed by atoms with Crippen molar-refractivity contribution in [1.82, 2.24) is 34.6 Å². The van der Waals surface area contributed by atoms with Gasteiger partial charge in [-0.25, -0.2) is 14.8 Å². The number of carbonyl (C=O) groups excluding carboxylic acids is 2. The Morgan fingerprint density at radius 2 is 1.85 bits per heavy atom. The minimum atomic E-state index is -0.580. The Morgan fingerprint density at radius 1 is 1.04 bits per heavy atom. The fraction of sp³-hybridized carbons (Fsp3) is 0.543. The molecule has 3 aromatic heterocycles. The van der Waals surface area contributed by atoms with Crippen molar-refractivity contribution < 1.29 is 19.1 Å². The fourth-order valence-corrected chi connectivity index (χ4v) is 7.69. The monoisotopic (exact) mass is 625 g/mol. The summed E-state index contributed by atoms with van der Waals surface area (Å²) in [5.74, 6) is 2.81. The van der Waals surface area contributed by atoms with Crippen molar-refractivity contribution in [3.63, 3.8) is 0 Å². The van der Waals surface area contributed by atoms with Gasteiger partial charge >= 0.3 is 6.09 Å². The summed E-state index contributed by atoms with van der Waals surface area (Å²) in [4.78, 5) is 38.8. The summed E-state index contributed by atoms with van der Waals surface area (Å²) >= 11 is 0. The molecule has 46 heavy (non-hydrogen) atoms. The number of aromatic nitrogens is 4. The number of amides is 2. The van der Waals surface area contributed by atoms with Gasteiger partial charge in [-0.2, -0.15) is 0 Å². The second-order valence-electron chi connectivity index (χ2n) is 14.7. The highest BCUT2D eigenvalue weighted by atomic mass is 16.6. The van der Waals surface area contributed by atoms with Crippen LogP contribution in [0.5, 0.6) is 5.75 Å². The number of rotatable bonds is 8. The minimum Gasteiger partial charge on any atom is -0.494 e. The van der Waals surface area contributed by atoms with Crippen LogP contribution in [0, 0.1) is 17.8 Å². The van der Waals surface area contributed by atoms with Gasteiger partial charge in [0.2, 0.25) is 0 Å². The molecule has 8 rings (SSSR count). The van der Waals surface area contributed by atoms with Crippen LogP contribution in [0.25, 0.3) is 33.6 Å². The number of nitrogens with one attached hydrogen (secondary N) is 2. The maximum absolute atomic E-state index is 14.2. The van der Waals surface area contributed by atoms with Gasteiger partial charge in [-0.05, 0) is 88.6 Å². The number of nitrogens with zero attached hydrogens (tertiary/aromatic N) is 5. The van der Waals surface area contributed by atoms with Crippen molar-refractivity contribution in [3.05, 3.63) is 42.1 Å². The molecule has 0 spiro atoms. The number of hydrogen-bond acceptors (Lipinski definition) is 7. The number of piperidine rings is 1. The zero-order chi connectivity index (χ0) is 31.7. The lowest BCUT2D eigenvalue weighted by Crippen LogP contribution is -2.46. The number of hydrogen-bond donors (Lipinski definition) is 2. The molecule has 11 nitrogen and oxygen atoms in total. The van der Waals surface area contributed by atoms with E-state index in [4.69, 9.17) is 19.4 Å². The van der Waals surface area contributed by atoms with E-state index >= 15 is 0 Å². The van der Waals surface area contributed by atoms with Crippen molar-refractivity contribution in [3.8, 4) is 17.3 Å². The van der Waals surface area contributed by atoms with Crippen LogP contribution in [0.1, 0.15) is 56.8 Å². The summed E-state index contributed by atoms with van der Waals surface area (Å²) < 4.78 is 16.2. The highest BCUT2D eigenvalue weighted by molar-refractivity contribution is 6.00. The summed E-state index contributed by atoms with van der Waals surface area (Å²) in [7, 11) is 1.66. The lowest BCUT2D eigenvalue weighted by Gasteiger charge is -2.29. The topological polar surface area (TPSA) is 116 Å². The summed E-state index contributed by atoms with van der Waals surface area (Å²) in [5, 5.41) is 7.58. The Kier molecular flexibility index (Phi) is 7.00. The first-order valence-corrected chi connectivity index (χ1v) is 16.7. The number of alkyl carbamates (subject to hydrolysis) is 1. The Balaban J connectivity index is 1.17. The fourth-order valence-electron chi connectivity index (χ4n) is 7.69. The second kappa shape index (κ2) is 11.0. The van der Waals surface area contributed by atoms with Gasteiger partial charge in [0.25, 0.3) is 5.91 Å². The van der Waals surface area contributed by atoms with Crippen molar-refractivity contribution >= 4 is 34.1 Å². The minimum absolute atomic E-state index is 0.0604. The van der Waals surface area contributed by atoms with E-state index in [1.807, 2.05) is 50.1 Å². The van der Waals surface area contributed by atoms with E-state index in [1.54, 1.807) is 7.11 Å². The van der Waals surface area contributed by atoms with Crippen LogP contribution >= 0.6 is 0 Å². The average molecular weight is 626 g/mol. The van der Waals surface area contributed by atoms with E-state index in [1.165, 1.54) is 12.8 Å². The van der Waals surface area contributed by atoms with E-state index < -0.39 is 11.7 Å². The van der Waals surface area contributed by atoms with E-state index in [9.17, 15) is 9.59 Å². The number of methoxy groups -OCH3 is 1. The van der Waals surface area contributed by atoms with Gasteiger partial charge in [0, 0.05) is 55.8 Å². The second-order valence-corrected chi connectivity index (χ2v) is 14.7. The standard InChI is InChI=1S/C35H43N7O4/c1-35(2,3)46-34(44)39-29-23-9-10-26(29)41(19-23)33(43)24-12-25-30(28(14-24)45-4)42(18-21-15-36-16-21)32(38-25)27-13-22-6-5-11-37-31(22)40(27)17-20-7-8-20/h5-6,11-14,20-21,23,26,29,36H,7-10,15-19H2,1-4H3,(H,39,44)/t23-,26-,29-/m1/s1. The first kappa shape index (κ1) is 29.3. The van der Waals surface area contributed by atoms with Crippen LogP contribution in [0.2, 0.25) is 0 Å². The number of imidazole rings is 1. The Hall–Kier alpha value is -4.12. The number of likely N-dealkylation sites (tertiary alicyclic amines) is 1. The van der Waals surface area contributed by atoms with Crippen LogP contribution in [0.15, 0.2) is 36.5 Å². The van der Waals surface area contributed by atoms with Gasteiger partial charge < -0.3 is 34.1 Å². The molecule has 2 bridgehead atoms. The van der Waals surface area contributed by atoms with Crippen LogP contribution in [0.3, 0.4) is 0 Å². The molecular formula is C35H43N7O4. The molecule has 5 heterocycles. The molecule has 3 atom stereocenters. The van der Waals surface area contributed by atoms with Gasteiger partial charge in [-0.3, -0.25) is 4.79 Å². The van der Waals surface area contributed by atoms with E-state index in [2.05, 4.69) is 31.9 Å². The van der Waals surface area contributed by atoms with Crippen LogP contribution in [-0.4, -0.2) is 80.4 Å². The third kappa shape index (κ3) is 5.18. The van der Waals surface area contributed by atoms with Gasteiger partial charge in [0.05, 0.1) is 30.4 Å². The maximum Gasteiger partial charge on any atom is 0.407 e. The highest BCUT2D eigenvalue weighted by Crippen LogP contribution is 2.41. The quantitative estimate of drug-likeness (QED) is 0.289. The molecule has 11 heteroatoms. The van der Waals surface area contributed by atoms with Gasteiger partial charge in [-0.1, -0.05) is 0 Å². The molecule has 242 valence electrons. The molecule has 4 fully saturated rings. The van der Waals surface area contributed by atoms with Gasteiger partial charge in [0.1, 0.15) is 22.5 Å². The molecule has 2 amide bonds. The number of pyridine rings is 1. The molecule has 2 saturated carbocycles. The summed E-state index contributed by atoms with van der Waals surface area (Å²) in [6.07, 6.45) is 5.73. The molecule has 4 aliphatic rings. The zero-order valence-corrected chi connectivity index (χ0v) is 27.1. The Bertz CT molecular complexity index is 1830. The van der Waals surface area contributed by atoms with Crippen LogP contribution in [0.4, 0.5) is 4.79 Å². The maximum atomic E-state index is 14.2. The molecule has 2 N–H and O–H groups in total. The number of ether oxygens (including phenoxy) is 2. The lowest BCUT2D eigenvalue weighted by atomic mass is 10.0. The molecule has 2 aliphatic heterocycles. The van der Waals surface area contributed by atoms with Crippen LogP contribution in [-0.2, 0) is 17.8 Å². The normalized spacial score (nSPS) is 22.9. The molecule has 4 aromatic rings. The molecule has 1 aromatic carbocycles. The zero-order valence-electron chi connectivity index (χ0n) is 27.1. The summed E-state index contributed by atoms with van der Waals surface area (Å²) in [5.41, 5.74) is 3.65. The summed E-state index contributed by atoms with van der Waals surface area (Å²) in [6, 6.07) is 9.91. The van der Waals surface area contributed by atoms with Crippen molar-refractivity contribution in [1.29, 1.82) is 0 Å². The van der Waals surface area contributed by atoms with Crippen LogP contribution < -0.4 is 15.4 Å². The molecule has 0 radical (unpaired) electrons. The van der Waals surface area contributed by atoms with Crippen molar-refractivity contribution in [2.24, 2.45) is 17.8 Å². The van der Waals surface area contributed by atoms with Gasteiger partial charge in [0.15, 0.2) is 5.82 Å². The predicted molar refractivity (Wildman–Crippen MR) is 175 cm³/mol. The largest absolute Gasteiger partial charge is 0.494 e. The molecule has 2 saturated heterocycles. The first-order chi connectivity index (χ1) is 22.2. The SMILES string of the molecule is COc1cc(C(=O)N2C[C@H]3CC[C@@H]2[C@@H]3NC(=O)OC(C)(C)C)cc2nc(-c3cc4cccnc4n3CC3CC3)n(CC3CNC3)c12. The molecule has 2 aliphatic carbocycles. The van der Waals surface area contributed by atoms with E-state index in [-0.39, 0.29) is 23.9 Å². The third-order valence-corrected chi connectivity index (χ3v) is 10.1. The summed E-state index contributed by atoms with van der Waals surface area (Å²) in [6.45, 7) is 9.81. The smallest absolute Gasteiger partial charge is 0.407 e. The molecule has 0 unspecified atom stereocenters. The number of fused-ring (bicyclic) bond motifs is 4. The first-order valence-electron chi connectivity index (χ1n) is 16.7. The highest BCUT2D eigenvalue weighted by Gasteiger charge is 2.50. The van der Waals surface area contributed by atoms with E-state index in [0.29, 0.717) is 29.7 Å². The Morgan fingerprint density at radius 3 is 2.57 bits per heavy atom. The third-order valence-electron chi connectivity index (χ3n) is 10.1. The lowest BCUT2D eigenvalue weighted by molar-refractivity contribution is 0.0485. The van der Waals surface area contributed by atoms with Crippen molar-refractivity contribution in [2.75, 3.05) is 26.7 Å². The number of carbonyl (C=O) groups is 2. The van der Waals surface area contributed by atoms with E-state index in [0.717, 1.165) is 72.6 Å². The van der Waals surface area contributed by atoms with Crippen molar-refractivity contribution in [2.45, 2.75) is 77.2 Å². The van der Waals surface area contributed by atoms with Gasteiger partial charge in [-0.15, -0.1) is 0 Å². The predicted octanol–water partition coefficient (Wildman–Crippen LogP) is 4.82. The molecular weight excluding hydrogens is 582 g/mol. The number of benzene rings is 1. The average Bonchev–Trinajstić information content (AvgIpc) is 3.31. The Labute approximate surface area is 268 Å².